The molecule has 0 spiro atoms. The van der Waals surface area contributed by atoms with Gasteiger partial charge in [0.05, 0.1) is 0 Å². The van der Waals surface area contributed by atoms with Gasteiger partial charge in [0.25, 0.3) is 0 Å². The van der Waals surface area contributed by atoms with E-state index in [1.54, 1.807) is 0 Å². The molecule has 0 amide bonds. The maximum absolute atomic E-state index is 5.79. The molecule has 0 saturated heterocycles. The van der Waals surface area contributed by atoms with Crippen molar-refractivity contribution in [2.24, 2.45) is 0 Å². The zero-order valence-electron chi connectivity index (χ0n) is 5.16. The lowest BCUT2D eigenvalue weighted by Gasteiger charge is -2.01. The molecule has 0 aliphatic rings. The van der Waals surface area contributed by atoms with Crippen molar-refractivity contribution in [3.05, 3.63) is 0 Å². The minimum Gasteiger partial charge on any atom is -0.127 e. The van der Waals surface area contributed by atoms with Crippen LogP contribution in [0.2, 0.25) is 0 Å². The first-order valence-corrected chi connectivity index (χ1v) is 3.98. The average Bonchev–Trinajstić information content (AvgIpc) is 1.83. The monoisotopic (exact) mass is 154 g/mol. The van der Waals surface area contributed by atoms with E-state index in [4.69, 9.17) is 23.2 Å². The van der Waals surface area contributed by atoms with Gasteiger partial charge in [-0.05, 0) is 19.3 Å². The molecule has 0 unspecified atom stereocenters. The lowest BCUT2D eigenvalue weighted by Crippen LogP contribution is -1.94. The van der Waals surface area contributed by atoms with E-state index >= 15 is 0 Å². The Morgan fingerprint density at radius 2 is 2.12 bits per heavy atom. The number of hydrogen-bond donors (Lipinski definition) is 0. The van der Waals surface area contributed by atoms with Gasteiger partial charge in [-0.15, -0.1) is 23.2 Å². The molecule has 2 heteroatoms. The molecular weight excluding hydrogens is 143 g/mol. The van der Waals surface area contributed by atoms with Gasteiger partial charge in [-0.3, -0.25) is 0 Å². The molecular formula is C6H12Cl2. The van der Waals surface area contributed by atoms with E-state index in [1.165, 1.54) is 0 Å². The highest BCUT2D eigenvalue weighted by atomic mass is 35.5. The summed E-state index contributed by atoms with van der Waals surface area (Å²) >= 11 is 11.2. The fraction of sp³-hybridized carbons (Fsp3) is 1.00. The Bertz CT molecular complexity index is 45.8. The fourth-order valence-electron chi connectivity index (χ4n) is 0.503. The molecule has 50 valence electrons. The van der Waals surface area contributed by atoms with Gasteiger partial charge in [0.1, 0.15) is 0 Å². The van der Waals surface area contributed by atoms with Gasteiger partial charge in [0, 0.05) is 11.3 Å². The van der Waals surface area contributed by atoms with Crippen molar-refractivity contribution in [1.29, 1.82) is 0 Å². The Morgan fingerprint density at radius 1 is 1.50 bits per heavy atom. The average molecular weight is 155 g/mol. The highest BCUT2D eigenvalue weighted by molar-refractivity contribution is 6.20. The molecule has 0 radical (unpaired) electrons. The summed E-state index contributed by atoms with van der Waals surface area (Å²) in [5, 5.41) is 0.341. The molecule has 0 fully saturated rings. The van der Waals surface area contributed by atoms with Crippen molar-refractivity contribution >= 4 is 23.2 Å². The maximum Gasteiger partial charge on any atom is 0.0333 e. The zero-order valence-corrected chi connectivity index (χ0v) is 6.67. The van der Waals surface area contributed by atoms with Gasteiger partial charge in [0.2, 0.25) is 0 Å². The Morgan fingerprint density at radius 3 is 2.50 bits per heavy atom. The van der Waals surface area contributed by atoms with Crippen LogP contribution in [0.15, 0.2) is 0 Å². The summed E-state index contributed by atoms with van der Waals surface area (Å²) in [6.45, 7) is 2.09. The number of halogens is 2. The lowest BCUT2D eigenvalue weighted by molar-refractivity contribution is 0.714. The molecule has 0 aromatic rings. The standard InChI is InChI=1S/C6H12Cl2/c1-2-6(8)4-3-5-7/h6H,2-5H2,1H3/t6-/m0/s1. The molecule has 0 aromatic carbocycles. The third-order valence-corrected chi connectivity index (χ3v) is 1.89. The predicted octanol–water partition coefficient (Wildman–Crippen LogP) is 3.02. The molecule has 0 heterocycles. The molecule has 1 atom stereocenters. The Labute approximate surface area is 61.2 Å². The molecule has 8 heavy (non-hydrogen) atoms. The van der Waals surface area contributed by atoms with Crippen LogP contribution in [0.4, 0.5) is 0 Å². The van der Waals surface area contributed by atoms with Gasteiger partial charge in [-0.1, -0.05) is 6.92 Å². The minimum atomic E-state index is 0.341. The van der Waals surface area contributed by atoms with Crippen molar-refractivity contribution in [2.75, 3.05) is 5.88 Å². The zero-order chi connectivity index (χ0) is 6.41. The summed E-state index contributed by atoms with van der Waals surface area (Å²) in [5.41, 5.74) is 0. The SMILES string of the molecule is CC[C@H](Cl)CCCCl. The normalized spacial score (nSPS) is 13.9. The third-order valence-electron chi connectivity index (χ3n) is 1.09. The molecule has 0 aliphatic carbocycles. The molecule has 0 rings (SSSR count). The summed E-state index contributed by atoms with van der Waals surface area (Å²) in [5.74, 6) is 0.739. The van der Waals surface area contributed by atoms with Crippen molar-refractivity contribution in [3.8, 4) is 0 Å². The van der Waals surface area contributed by atoms with E-state index in [0.717, 1.165) is 25.1 Å². The minimum absolute atomic E-state index is 0.341. The van der Waals surface area contributed by atoms with Gasteiger partial charge < -0.3 is 0 Å². The fourth-order valence-corrected chi connectivity index (χ4v) is 0.811. The second-order valence-electron chi connectivity index (χ2n) is 1.84. The van der Waals surface area contributed by atoms with Crippen LogP contribution in [0.25, 0.3) is 0 Å². The van der Waals surface area contributed by atoms with Crippen LogP contribution in [-0.4, -0.2) is 11.3 Å². The summed E-state index contributed by atoms with van der Waals surface area (Å²) in [6, 6.07) is 0. The van der Waals surface area contributed by atoms with Crippen LogP contribution in [0.1, 0.15) is 26.2 Å². The highest BCUT2D eigenvalue weighted by Crippen LogP contribution is 2.08. The first kappa shape index (κ1) is 8.58. The smallest absolute Gasteiger partial charge is 0.0333 e. The van der Waals surface area contributed by atoms with E-state index in [9.17, 15) is 0 Å². The largest absolute Gasteiger partial charge is 0.127 e. The Kier molecular flexibility index (Phi) is 6.13. The maximum atomic E-state index is 5.79. The van der Waals surface area contributed by atoms with Crippen molar-refractivity contribution in [3.63, 3.8) is 0 Å². The Hall–Kier alpha value is 0.580. The van der Waals surface area contributed by atoms with Crippen molar-refractivity contribution < 1.29 is 0 Å². The summed E-state index contributed by atoms with van der Waals surface area (Å²) in [7, 11) is 0. The highest BCUT2D eigenvalue weighted by Gasteiger charge is 1.97. The third kappa shape index (κ3) is 4.73. The van der Waals surface area contributed by atoms with Crippen LogP contribution >= 0.6 is 23.2 Å². The van der Waals surface area contributed by atoms with E-state index in [1.807, 2.05) is 0 Å². The van der Waals surface area contributed by atoms with E-state index in [0.29, 0.717) is 5.38 Å². The van der Waals surface area contributed by atoms with E-state index in [-0.39, 0.29) is 0 Å². The van der Waals surface area contributed by atoms with Gasteiger partial charge >= 0.3 is 0 Å². The number of rotatable bonds is 4. The molecule has 0 saturated carbocycles. The lowest BCUT2D eigenvalue weighted by atomic mass is 10.2. The van der Waals surface area contributed by atoms with Crippen LogP contribution in [-0.2, 0) is 0 Å². The van der Waals surface area contributed by atoms with E-state index in [2.05, 4.69) is 6.92 Å². The molecule has 0 nitrogen and oxygen atoms in total. The van der Waals surface area contributed by atoms with E-state index < -0.39 is 0 Å². The number of hydrogen-bond acceptors (Lipinski definition) is 0. The van der Waals surface area contributed by atoms with Gasteiger partial charge in [-0.25, -0.2) is 0 Å². The molecule has 0 aromatic heterocycles. The molecule has 0 aliphatic heterocycles. The Balaban J connectivity index is 2.86. The van der Waals surface area contributed by atoms with Crippen LogP contribution in [0, 0.1) is 0 Å². The second kappa shape index (κ2) is 5.71. The first-order valence-electron chi connectivity index (χ1n) is 3.01. The summed E-state index contributed by atoms with van der Waals surface area (Å²) in [4.78, 5) is 0. The quantitative estimate of drug-likeness (QED) is 0.547. The summed E-state index contributed by atoms with van der Waals surface area (Å²) < 4.78 is 0. The predicted molar refractivity (Wildman–Crippen MR) is 39.9 cm³/mol. The topological polar surface area (TPSA) is 0 Å². The van der Waals surface area contributed by atoms with Crippen molar-refractivity contribution in [2.45, 2.75) is 31.6 Å². The van der Waals surface area contributed by atoms with Crippen LogP contribution in [0.3, 0.4) is 0 Å². The molecule has 0 bridgehead atoms. The number of alkyl halides is 2. The first-order chi connectivity index (χ1) is 3.81. The van der Waals surface area contributed by atoms with Gasteiger partial charge in [-0.2, -0.15) is 0 Å². The second-order valence-corrected chi connectivity index (χ2v) is 2.83. The molecule has 0 N–H and O–H groups in total. The van der Waals surface area contributed by atoms with Gasteiger partial charge in [0.15, 0.2) is 0 Å². The van der Waals surface area contributed by atoms with Crippen molar-refractivity contribution in [1.82, 2.24) is 0 Å². The van der Waals surface area contributed by atoms with Crippen LogP contribution < -0.4 is 0 Å². The summed E-state index contributed by atoms with van der Waals surface area (Å²) in [6.07, 6.45) is 3.16. The van der Waals surface area contributed by atoms with Crippen LogP contribution in [0.5, 0.6) is 0 Å².